The standard InChI is InChI=1S/C14H14FN3O2/c1-3-18(11-6-4-5-10(15)7-11)13-9-16-12(8-17-13)14(19)20-2/h4-9H,3H2,1-2H3. The highest BCUT2D eigenvalue weighted by Crippen LogP contribution is 2.23. The van der Waals surface area contributed by atoms with E-state index in [4.69, 9.17) is 0 Å². The van der Waals surface area contributed by atoms with Gasteiger partial charge in [-0.3, -0.25) is 0 Å². The molecular weight excluding hydrogens is 261 g/mol. The SMILES string of the molecule is CCN(c1cccc(F)c1)c1cnc(C(=O)OC)cn1. The van der Waals surface area contributed by atoms with E-state index in [0.717, 1.165) is 0 Å². The zero-order chi connectivity index (χ0) is 14.5. The number of benzene rings is 1. The van der Waals surface area contributed by atoms with Crippen LogP contribution in [0.25, 0.3) is 0 Å². The Kier molecular flexibility index (Phi) is 4.24. The molecular formula is C14H14FN3O2. The Labute approximate surface area is 116 Å². The third kappa shape index (κ3) is 2.90. The number of esters is 1. The van der Waals surface area contributed by atoms with Gasteiger partial charge in [0.25, 0.3) is 0 Å². The predicted octanol–water partition coefficient (Wildman–Crippen LogP) is 2.56. The van der Waals surface area contributed by atoms with Gasteiger partial charge in [0.1, 0.15) is 5.82 Å². The second-order valence-electron chi connectivity index (χ2n) is 3.98. The van der Waals surface area contributed by atoms with Crippen LogP contribution in [0.3, 0.4) is 0 Å². The van der Waals surface area contributed by atoms with Crippen LogP contribution in [0.1, 0.15) is 17.4 Å². The number of carbonyl (C=O) groups excluding carboxylic acids is 1. The molecule has 5 nitrogen and oxygen atoms in total. The fraction of sp³-hybridized carbons (Fsp3) is 0.214. The molecule has 1 heterocycles. The molecule has 2 aromatic rings. The van der Waals surface area contributed by atoms with E-state index in [2.05, 4.69) is 14.7 Å². The van der Waals surface area contributed by atoms with Gasteiger partial charge in [-0.05, 0) is 25.1 Å². The fourth-order valence-electron chi connectivity index (χ4n) is 1.79. The number of rotatable bonds is 4. The Morgan fingerprint density at radius 3 is 2.70 bits per heavy atom. The molecule has 0 N–H and O–H groups in total. The van der Waals surface area contributed by atoms with Crippen LogP contribution in [-0.4, -0.2) is 29.6 Å². The highest BCUT2D eigenvalue weighted by Gasteiger charge is 2.12. The molecule has 0 saturated carbocycles. The molecule has 0 fully saturated rings. The molecule has 0 saturated heterocycles. The number of hydrogen-bond acceptors (Lipinski definition) is 5. The number of aromatic nitrogens is 2. The normalized spacial score (nSPS) is 10.2. The molecule has 0 radical (unpaired) electrons. The maximum atomic E-state index is 13.3. The van der Waals surface area contributed by atoms with E-state index in [9.17, 15) is 9.18 Å². The van der Waals surface area contributed by atoms with Crippen molar-refractivity contribution < 1.29 is 13.9 Å². The van der Waals surface area contributed by atoms with Gasteiger partial charge >= 0.3 is 5.97 Å². The topological polar surface area (TPSA) is 55.3 Å². The fourth-order valence-corrected chi connectivity index (χ4v) is 1.79. The Bertz CT molecular complexity index is 602. The van der Waals surface area contributed by atoms with Crippen molar-refractivity contribution in [3.05, 3.63) is 48.2 Å². The van der Waals surface area contributed by atoms with Crippen molar-refractivity contribution in [2.24, 2.45) is 0 Å². The van der Waals surface area contributed by atoms with E-state index in [1.54, 1.807) is 17.0 Å². The number of ether oxygens (including phenoxy) is 1. The highest BCUT2D eigenvalue weighted by atomic mass is 19.1. The second-order valence-corrected chi connectivity index (χ2v) is 3.98. The van der Waals surface area contributed by atoms with Gasteiger partial charge in [-0.1, -0.05) is 6.07 Å². The van der Waals surface area contributed by atoms with Crippen LogP contribution in [0.2, 0.25) is 0 Å². The summed E-state index contributed by atoms with van der Waals surface area (Å²) in [5.74, 6) is -0.330. The molecule has 1 aromatic carbocycles. The smallest absolute Gasteiger partial charge is 0.358 e. The van der Waals surface area contributed by atoms with Gasteiger partial charge in [0.05, 0.1) is 19.5 Å². The van der Waals surface area contributed by atoms with Crippen LogP contribution in [0.5, 0.6) is 0 Å². The molecule has 0 aliphatic carbocycles. The van der Waals surface area contributed by atoms with E-state index in [1.165, 1.54) is 31.6 Å². The summed E-state index contributed by atoms with van der Waals surface area (Å²) in [6, 6.07) is 6.20. The molecule has 20 heavy (non-hydrogen) atoms. The van der Waals surface area contributed by atoms with Crippen LogP contribution >= 0.6 is 0 Å². The number of nitrogens with zero attached hydrogens (tertiary/aromatic N) is 3. The van der Waals surface area contributed by atoms with Crippen molar-refractivity contribution in [3.63, 3.8) is 0 Å². The van der Waals surface area contributed by atoms with Gasteiger partial charge in [-0.2, -0.15) is 0 Å². The zero-order valence-corrected chi connectivity index (χ0v) is 11.2. The van der Waals surface area contributed by atoms with E-state index in [1.807, 2.05) is 6.92 Å². The lowest BCUT2D eigenvalue weighted by Crippen LogP contribution is -2.18. The first-order valence-electron chi connectivity index (χ1n) is 6.09. The minimum atomic E-state index is -0.544. The maximum Gasteiger partial charge on any atom is 0.358 e. The quantitative estimate of drug-likeness (QED) is 0.803. The van der Waals surface area contributed by atoms with Crippen molar-refractivity contribution in [2.45, 2.75) is 6.92 Å². The van der Waals surface area contributed by atoms with E-state index < -0.39 is 5.97 Å². The number of carbonyl (C=O) groups is 1. The van der Waals surface area contributed by atoms with Gasteiger partial charge in [-0.15, -0.1) is 0 Å². The van der Waals surface area contributed by atoms with Crippen molar-refractivity contribution >= 4 is 17.5 Å². The van der Waals surface area contributed by atoms with E-state index >= 15 is 0 Å². The largest absolute Gasteiger partial charge is 0.464 e. The third-order valence-corrected chi connectivity index (χ3v) is 2.75. The second kappa shape index (κ2) is 6.10. The molecule has 0 aliphatic rings. The van der Waals surface area contributed by atoms with Crippen LogP contribution in [-0.2, 0) is 4.74 Å². The summed E-state index contributed by atoms with van der Waals surface area (Å²) in [5.41, 5.74) is 0.805. The lowest BCUT2D eigenvalue weighted by atomic mass is 10.2. The average Bonchev–Trinajstić information content (AvgIpc) is 2.48. The Hall–Kier alpha value is -2.50. The van der Waals surface area contributed by atoms with Crippen LogP contribution in [0.15, 0.2) is 36.7 Å². The molecule has 0 bridgehead atoms. The van der Waals surface area contributed by atoms with Crippen molar-refractivity contribution in [2.75, 3.05) is 18.6 Å². The summed E-state index contributed by atoms with van der Waals surface area (Å²) in [6.45, 7) is 2.51. The summed E-state index contributed by atoms with van der Waals surface area (Å²) in [6.07, 6.45) is 2.80. The number of halogens is 1. The van der Waals surface area contributed by atoms with Crippen molar-refractivity contribution in [1.82, 2.24) is 9.97 Å². The Balaban J connectivity index is 2.30. The average molecular weight is 275 g/mol. The van der Waals surface area contributed by atoms with Crippen LogP contribution in [0.4, 0.5) is 15.9 Å². The van der Waals surface area contributed by atoms with E-state index in [0.29, 0.717) is 18.1 Å². The summed E-state index contributed by atoms with van der Waals surface area (Å²) in [5, 5.41) is 0. The minimum absolute atomic E-state index is 0.131. The molecule has 0 atom stereocenters. The maximum absolute atomic E-state index is 13.3. The van der Waals surface area contributed by atoms with Crippen LogP contribution in [0, 0.1) is 5.82 Å². The molecule has 2 rings (SSSR count). The molecule has 6 heteroatoms. The Morgan fingerprint density at radius 1 is 1.35 bits per heavy atom. The lowest BCUT2D eigenvalue weighted by molar-refractivity contribution is 0.0593. The van der Waals surface area contributed by atoms with Gasteiger partial charge in [-0.25, -0.2) is 19.2 Å². The Morgan fingerprint density at radius 2 is 2.15 bits per heavy atom. The highest BCUT2D eigenvalue weighted by molar-refractivity contribution is 5.86. The van der Waals surface area contributed by atoms with Gasteiger partial charge in [0, 0.05) is 12.2 Å². The van der Waals surface area contributed by atoms with Crippen LogP contribution < -0.4 is 4.90 Å². The first-order chi connectivity index (χ1) is 9.65. The van der Waals surface area contributed by atoms with Crippen molar-refractivity contribution in [1.29, 1.82) is 0 Å². The zero-order valence-electron chi connectivity index (χ0n) is 11.2. The first-order valence-corrected chi connectivity index (χ1v) is 6.09. The molecule has 1 aromatic heterocycles. The first kappa shape index (κ1) is 13.9. The van der Waals surface area contributed by atoms with Gasteiger partial charge in [0.2, 0.25) is 0 Å². The summed E-state index contributed by atoms with van der Waals surface area (Å²) in [7, 11) is 1.28. The lowest BCUT2D eigenvalue weighted by Gasteiger charge is -2.21. The molecule has 104 valence electrons. The molecule has 0 unspecified atom stereocenters. The minimum Gasteiger partial charge on any atom is -0.464 e. The summed E-state index contributed by atoms with van der Waals surface area (Å²) < 4.78 is 17.8. The monoisotopic (exact) mass is 275 g/mol. The number of methoxy groups -OCH3 is 1. The molecule has 0 aliphatic heterocycles. The number of anilines is 2. The third-order valence-electron chi connectivity index (χ3n) is 2.75. The predicted molar refractivity (Wildman–Crippen MR) is 72.5 cm³/mol. The summed E-state index contributed by atoms with van der Waals surface area (Å²) >= 11 is 0. The summed E-state index contributed by atoms with van der Waals surface area (Å²) in [4.78, 5) is 21.2. The van der Waals surface area contributed by atoms with E-state index in [-0.39, 0.29) is 11.5 Å². The van der Waals surface area contributed by atoms with Gasteiger partial charge in [0.15, 0.2) is 11.5 Å². The molecule has 0 spiro atoms. The van der Waals surface area contributed by atoms with Crippen molar-refractivity contribution in [3.8, 4) is 0 Å². The number of hydrogen-bond donors (Lipinski definition) is 0. The molecule has 0 amide bonds. The van der Waals surface area contributed by atoms with Gasteiger partial charge < -0.3 is 9.64 Å².